The quantitative estimate of drug-likeness (QED) is 0.307. The molecule has 3 aromatic rings. The molecule has 0 amide bonds. The van der Waals surface area contributed by atoms with Crippen LogP contribution in [-0.4, -0.2) is 26.4 Å². The first-order valence-corrected chi connectivity index (χ1v) is 9.96. The molecule has 9 nitrogen and oxygen atoms in total. The monoisotopic (exact) mass is 466 g/mol. The van der Waals surface area contributed by atoms with E-state index in [0.717, 1.165) is 4.68 Å². The first-order valence-electron chi connectivity index (χ1n) is 9.20. The molecule has 0 aliphatic rings. The van der Waals surface area contributed by atoms with Gasteiger partial charge in [0.05, 0.1) is 12.1 Å². The molecule has 0 spiro atoms. The van der Waals surface area contributed by atoms with E-state index in [-0.39, 0.29) is 11.7 Å². The van der Waals surface area contributed by atoms with Crippen molar-refractivity contribution in [1.82, 2.24) is 14.9 Å². The molecule has 0 saturated heterocycles. The Bertz CT molecular complexity index is 1240. The maximum absolute atomic E-state index is 13.4. The fourth-order valence-electron chi connectivity index (χ4n) is 2.85. The zero-order valence-electron chi connectivity index (χ0n) is 16.7. The maximum atomic E-state index is 13.4. The molecule has 160 valence electrons. The molecule has 1 aromatic heterocycles. The summed E-state index contributed by atoms with van der Waals surface area (Å²) in [5, 5.41) is 32.3. The molecule has 0 fully saturated rings. The fraction of sp³-hybridized carbons (Fsp3) is 0.143. The van der Waals surface area contributed by atoms with Gasteiger partial charge >= 0.3 is 0 Å². The Morgan fingerprint density at radius 3 is 1.94 bits per heavy atom. The van der Waals surface area contributed by atoms with Gasteiger partial charge in [-0.3, -0.25) is 4.79 Å². The summed E-state index contributed by atoms with van der Waals surface area (Å²) in [4.78, 5) is 13.4. The highest BCUT2D eigenvalue weighted by atomic mass is 35.5. The van der Waals surface area contributed by atoms with Crippen LogP contribution in [0.4, 0.5) is 5.95 Å². The molecule has 2 aromatic carbocycles. The maximum Gasteiger partial charge on any atom is 0.263 e. The van der Waals surface area contributed by atoms with Gasteiger partial charge in [-0.2, -0.15) is 15.6 Å². The van der Waals surface area contributed by atoms with Gasteiger partial charge in [0.15, 0.2) is 5.82 Å². The summed E-state index contributed by atoms with van der Waals surface area (Å²) in [5.41, 5.74) is 3.27. The van der Waals surface area contributed by atoms with E-state index in [1.54, 1.807) is 55.5 Å². The predicted molar refractivity (Wildman–Crippen MR) is 121 cm³/mol. The normalized spacial score (nSPS) is 13.0. The van der Waals surface area contributed by atoms with Crippen LogP contribution in [0.3, 0.4) is 0 Å². The van der Waals surface area contributed by atoms with Crippen molar-refractivity contribution < 1.29 is 4.79 Å². The molecule has 2 atom stereocenters. The number of nitrogens with zero attached hydrogens (tertiary/aromatic N) is 6. The third kappa shape index (κ3) is 4.86. The third-order valence-electron chi connectivity index (χ3n) is 4.60. The van der Waals surface area contributed by atoms with Gasteiger partial charge in [0.25, 0.3) is 5.95 Å². The molecule has 32 heavy (non-hydrogen) atoms. The minimum atomic E-state index is -1.21. The highest BCUT2D eigenvalue weighted by Crippen LogP contribution is 2.26. The van der Waals surface area contributed by atoms with Crippen molar-refractivity contribution in [2.75, 3.05) is 11.3 Å². The lowest BCUT2D eigenvalue weighted by atomic mass is 9.86. The van der Waals surface area contributed by atoms with Gasteiger partial charge in [-0.1, -0.05) is 47.5 Å². The number of aromatic nitrogens is 3. The Kier molecular flexibility index (Phi) is 7.06. The molecule has 3 N–H and O–H groups in total. The number of aryl methyl sites for hydroxylation is 1. The Morgan fingerprint density at radius 2 is 1.50 bits per heavy atom. The summed E-state index contributed by atoms with van der Waals surface area (Å²) in [5.74, 6) is 3.31. The number of nitrogen functional groups attached to an aromatic ring is 1. The van der Waals surface area contributed by atoms with E-state index in [0.29, 0.717) is 27.0 Å². The number of halogens is 2. The number of Topliss-reactive ketones (excluding diaryl/α,β-unsaturated/α-hetero) is 1. The average molecular weight is 467 g/mol. The molecular formula is C21H16Cl2N8O. The molecule has 0 unspecified atom stereocenters. The second-order valence-corrected chi connectivity index (χ2v) is 7.51. The Hall–Kier alpha value is -3.92. The van der Waals surface area contributed by atoms with E-state index >= 15 is 0 Å². The number of hydrogen-bond acceptors (Lipinski definition) is 8. The summed E-state index contributed by atoms with van der Waals surface area (Å²) < 4.78 is 1.14. The topological polar surface area (TPSA) is 146 Å². The van der Waals surface area contributed by atoms with Gasteiger partial charge in [0.2, 0.25) is 5.78 Å². The minimum absolute atomic E-state index is 0.0561. The average Bonchev–Trinajstić information content (AvgIpc) is 3.11. The molecular weight excluding hydrogens is 451 g/mol. The Labute approximate surface area is 193 Å². The number of carbonyl (C=O) groups is 1. The Balaban J connectivity index is 2.06. The van der Waals surface area contributed by atoms with Crippen molar-refractivity contribution >= 4 is 40.6 Å². The summed E-state index contributed by atoms with van der Waals surface area (Å²) >= 11 is 11.9. The van der Waals surface area contributed by atoms with Crippen molar-refractivity contribution in [1.29, 1.82) is 10.5 Å². The SMILES string of the molecule is Cc1nnc(N/N=C(/C(=O)[C@@H](C#N)c2ccc(Cl)cc2)[C@H](C#N)c2ccc(Cl)cc2)n1N. The van der Waals surface area contributed by atoms with Crippen molar-refractivity contribution in [2.45, 2.75) is 18.8 Å². The number of hydrogen-bond donors (Lipinski definition) is 2. The van der Waals surface area contributed by atoms with Crippen LogP contribution in [0.5, 0.6) is 0 Å². The van der Waals surface area contributed by atoms with Crippen LogP contribution in [0, 0.1) is 29.6 Å². The summed E-state index contributed by atoms with van der Waals surface area (Å²) in [6, 6.07) is 16.8. The molecule has 0 aliphatic heterocycles. The second kappa shape index (κ2) is 9.92. The summed E-state index contributed by atoms with van der Waals surface area (Å²) in [6.07, 6.45) is 0. The van der Waals surface area contributed by atoms with Crippen molar-refractivity contribution in [3.63, 3.8) is 0 Å². The highest BCUT2D eigenvalue weighted by Gasteiger charge is 2.32. The number of hydrazone groups is 1. The van der Waals surface area contributed by atoms with Crippen molar-refractivity contribution in [3.05, 3.63) is 75.5 Å². The number of nitrogens with one attached hydrogen (secondary N) is 1. The number of nitriles is 2. The zero-order valence-corrected chi connectivity index (χ0v) is 18.2. The molecule has 0 radical (unpaired) electrons. The second-order valence-electron chi connectivity index (χ2n) is 6.64. The molecule has 11 heteroatoms. The van der Waals surface area contributed by atoms with Gasteiger partial charge in [-0.25, -0.2) is 10.1 Å². The van der Waals surface area contributed by atoms with Crippen LogP contribution in [-0.2, 0) is 4.79 Å². The molecule has 0 saturated carbocycles. The van der Waals surface area contributed by atoms with Gasteiger partial charge in [-0.15, -0.1) is 10.2 Å². The summed E-state index contributed by atoms with van der Waals surface area (Å²) in [6.45, 7) is 1.63. The molecule has 0 bridgehead atoms. The highest BCUT2D eigenvalue weighted by molar-refractivity contribution is 6.45. The summed E-state index contributed by atoms with van der Waals surface area (Å²) in [7, 11) is 0. The third-order valence-corrected chi connectivity index (χ3v) is 5.10. The number of carbonyl (C=O) groups excluding carboxylic acids is 1. The smallest absolute Gasteiger partial charge is 0.263 e. The van der Waals surface area contributed by atoms with Crippen molar-refractivity contribution in [2.24, 2.45) is 5.10 Å². The van der Waals surface area contributed by atoms with Gasteiger partial charge < -0.3 is 5.84 Å². The standard InChI is InChI=1S/C21H16Cl2N8O/c1-12-27-29-21(31(12)26)30-28-19(17(10-24)13-2-6-15(22)7-3-13)20(32)18(11-25)14-4-8-16(23)9-5-14/h2-9,17-18H,26H2,1H3,(H,29,30)/b28-19+/t17-,18+/m1/s1. The lowest BCUT2D eigenvalue weighted by Gasteiger charge is -2.16. The van der Waals surface area contributed by atoms with E-state index in [4.69, 9.17) is 29.0 Å². The van der Waals surface area contributed by atoms with E-state index in [9.17, 15) is 15.3 Å². The molecule has 1 heterocycles. The first-order chi connectivity index (χ1) is 15.3. The largest absolute Gasteiger partial charge is 0.335 e. The zero-order chi connectivity index (χ0) is 23.3. The van der Waals surface area contributed by atoms with Crippen molar-refractivity contribution in [3.8, 4) is 12.1 Å². The van der Waals surface area contributed by atoms with Crippen LogP contribution in [0.1, 0.15) is 28.8 Å². The lowest BCUT2D eigenvalue weighted by Crippen LogP contribution is -2.28. The number of anilines is 1. The minimum Gasteiger partial charge on any atom is -0.335 e. The number of nitrogens with two attached hydrogens (primary N) is 1. The Morgan fingerprint density at radius 1 is 1.00 bits per heavy atom. The van der Waals surface area contributed by atoms with Crippen LogP contribution in [0.25, 0.3) is 0 Å². The van der Waals surface area contributed by atoms with Gasteiger partial charge in [0, 0.05) is 10.0 Å². The predicted octanol–water partition coefficient (Wildman–Crippen LogP) is 3.56. The fourth-order valence-corrected chi connectivity index (χ4v) is 3.11. The van der Waals surface area contributed by atoms with Crippen LogP contribution < -0.4 is 11.3 Å². The lowest BCUT2D eigenvalue weighted by molar-refractivity contribution is -0.113. The molecule has 0 aliphatic carbocycles. The van der Waals surface area contributed by atoms with E-state index in [1.165, 1.54) is 0 Å². The van der Waals surface area contributed by atoms with Crippen LogP contribution in [0.15, 0.2) is 53.6 Å². The molecule has 3 rings (SSSR count). The van der Waals surface area contributed by atoms with E-state index in [2.05, 4.69) is 26.8 Å². The first kappa shape index (κ1) is 22.8. The van der Waals surface area contributed by atoms with Gasteiger partial charge in [0.1, 0.15) is 17.5 Å². The number of rotatable bonds is 7. The van der Waals surface area contributed by atoms with Crippen LogP contribution in [0.2, 0.25) is 10.0 Å². The van der Waals surface area contributed by atoms with Crippen LogP contribution >= 0.6 is 23.2 Å². The van der Waals surface area contributed by atoms with E-state index < -0.39 is 17.6 Å². The number of benzene rings is 2. The van der Waals surface area contributed by atoms with E-state index in [1.807, 2.05) is 6.07 Å². The van der Waals surface area contributed by atoms with Gasteiger partial charge in [-0.05, 0) is 42.3 Å². The number of ketones is 1.